The Labute approximate surface area is 101 Å². The Morgan fingerprint density at radius 3 is 2.29 bits per heavy atom. The van der Waals surface area contributed by atoms with Crippen LogP contribution in [0, 0.1) is 22.7 Å². The lowest BCUT2D eigenvalue weighted by molar-refractivity contribution is -0.0679. The van der Waals surface area contributed by atoms with Gasteiger partial charge in [-0.25, -0.2) is 0 Å². The van der Waals surface area contributed by atoms with Crippen molar-refractivity contribution in [1.82, 2.24) is 0 Å². The third-order valence-corrected chi connectivity index (χ3v) is 5.18. The van der Waals surface area contributed by atoms with Crippen LogP contribution in [-0.4, -0.2) is 22.3 Å². The Morgan fingerprint density at radius 1 is 1.18 bits per heavy atom. The second-order valence-electron chi connectivity index (χ2n) is 6.78. The molecule has 4 aliphatic carbocycles. The molecule has 17 heavy (non-hydrogen) atoms. The van der Waals surface area contributed by atoms with Crippen molar-refractivity contribution in [3.8, 4) is 0 Å². The Morgan fingerprint density at radius 2 is 1.82 bits per heavy atom. The van der Waals surface area contributed by atoms with Crippen LogP contribution in [0.2, 0.25) is 0 Å². The van der Waals surface area contributed by atoms with Crippen molar-refractivity contribution in [3.05, 3.63) is 0 Å². The molecule has 0 aromatic heterocycles. The monoisotopic (exact) mass is 236 g/mol. The van der Waals surface area contributed by atoms with Crippen molar-refractivity contribution >= 4 is 11.9 Å². The Kier molecular flexibility index (Phi) is 2.25. The first kappa shape index (κ1) is 11.1. The maximum absolute atomic E-state index is 9.19. The molecule has 4 bridgehead atoms. The first-order valence-electron chi connectivity index (χ1n) is 6.49. The first-order valence-corrected chi connectivity index (χ1v) is 6.49. The van der Waals surface area contributed by atoms with E-state index in [1.807, 2.05) is 0 Å². The number of nitrogens with zero attached hydrogens (tertiary/aromatic N) is 2. The fourth-order valence-corrected chi connectivity index (χ4v) is 5.34. The summed E-state index contributed by atoms with van der Waals surface area (Å²) in [5, 5.41) is 24.4. The minimum atomic E-state index is -0.0280. The van der Waals surface area contributed by atoms with Gasteiger partial charge in [-0.3, -0.25) is 0 Å². The summed E-state index contributed by atoms with van der Waals surface area (Å²) in [5.74, 6) is 1.54. The van der Waals surface area contributed by atoms with Crippen molar-refractivity contribution in [1.29, 1.82) is 0 Å². The maximum atomic E-state index is 9.19. The number of hydrogen-bond acceptors (Lipinski definition) is 4. The van der Waals surface area contributed by atoms with Gasteiger partial charge in [0.25, 0.3) is 0 Å². The Balaban J connectivity index is 1.98. The molecule has 4 aliphatic rings. The molecule has 4 heteroatoms. The smallest absolute Gasteiger partial charge is 0.107 e. The molecule has 0 spiro atoms. The maximum Gasteiger partial charge on any atom is 0.107 e. The normalized spacial score (nSPS) is 49.1. The summed E-state index contributed by atoms with van der Waals surface area (Å²) in [6, 6.07) is 0. The zero-order valence-electron chi connectivity index (χ0n) is 10.3. The second-order valence-corrected chi connectivity index (χ2v) is 6.78. The fraction of sp³-hybridized carbons (Fsp3) is 0.846. The SMILES string of the molecule is CC12C[C@H]3C[C@@H](C1)CC(C(/C=N\O)=N\O)(C3)C2. The molecule has 94 valence electrons. The van der Waals surface area contributed by atoms with Gasteiger partial charge in [-0.2, -0.15) is 0 Å². The van der Waals surface area contributed by atoms with Gasteiger partial charge in [-0.1, -0.05) is 17.2 Å². The Hall–Kier alpha value is -1.06. The molecule has 0 amide bonds. The van der Waals surface area contributed by atoms with E-state index in [4.69, 9.17) is 5.21 Å². The Bertz CT molecular complexity index is 375. The number of oxime groups is 2. The molecule has 0 radical (unpaired) electrons. The van der Waals surface area contributed by atoms with Crippen LogP contribution in [0.1, 0.15) is 45.4 Å². The van der Waals surface area contributed by atoms with Crippen LogP contribution in [0.25, 0.3) is 0 Å². The van der Waals surface area contributed by atoms with Crippen LogP contribution in [0.15, 0.2) is 10.3 Å². The molecule has 2 N–H and O–H groups in total. The third kappa shape index (κ3) is 1.57. The lowest BCUT2D eigenvalue weighted by atomic mass is 9.44. The summed E-state index contributed by atoms with van der Waals surface area (Å²) in [6.45, 7) is 2.37. The van der Waals surface area contributed by atoms with E-state index in [0.717, 1.165) is 31.1 Å². The minimum absolute atomic E-state index is 0.0280. The van der Waals surface area contributed by atoms with Gasteiger partial charge in [0.05, 0.1) is 6.21 Å². The molecular formula is C13H20N2O2. The van der Waals surface area contributed by atoms with Crippen LogP contribution in [0.5, 0.6) is 0 Å². The topological polar surface area (TPSA) is 65.2 Å². The molecular weight excluding hydrogens is 216 g/mol. The van der Waals surface area contributed by atoms with Crippen molar-refractivity contribution < 1.29 is 10.4 Å². The van der Waals surface area contributed by atoms with E-state index < -0.39 is 0 Å². The lowest BCUT2D eigenvalue weighted by Crippen LogP contribution is -2.54. The average molecular weight is 236 g/mol. The average Bonchev–Trinajstić information content (AvgIpc) is 2.22. The molecule has 0 aromatic rings. The quantitative estimate of drug-likeness (QED) is 0.440. The summed E-state index contributed by atoms with van der Waals surface area (Å²) < 4.78 is 0. The van der Waals surface area contributed by atoms with Gasteiger partial charge in [0, 0.05) is 5.41 Å². The van der Waals surface area contributed by atoms with Crippen molar-refractivity contribution in [2.75, 3.05) is 0 Å². The molecule has 4 saturated carbocycles. The summed E-state index contributed by atoms with van der Waals surface area (Å²) in [5.41, 5.74) is 0.962. The summed E-state index contributed by atoms with van der Waals surface area (Å²) in [4.78, 5) is 0. The molecule has 0 aromatic carbocycles. The van der Waals surface area contributed by atoms with Gasteiger partial charge in [-0.15, -0.1) is 0 Å². The van der Waals surface area contributed by atoms with E-state index in [-0.39, 0.29) is 5.41 Å². The van der Waals surface area contributed by atoms with Gasteiger partial charge >= 0.3 is 0 Å². The zero-order valence-corrected chi connectivity index (χ0v) is 10.3. The molecule has 0 saturated heterocycles. The van der Waals surface area contributed by atoms with E-state index in [2.05, 4.69) is 17.2 Å². The van der Waals surface area contributed by atoms with E-state index >= 15 is 0 Å². The zero-order chi connectivity index (χ0) is 12.1. The van der Waals surface area contributed by atoms with Gasteiger partial charge in [0.15, 0.2) is 0 Å². The van der Waals surface area contributed by atoms with E-state index in [1.54, 1.807) is 0 Å². The standard InChI is InChI=1S/C13H20N2O2/c1-12-3-9-2-10(4-12)6-13(5-9,8-12)11(15-17)7-14-16/h7,9-10,16-17H,2-6,8H2,1H3/b14-7-,15-11-/t9-,10+,12?,13?. The first-order chi connectivity index (χ1) is 8.09. The number of rotatable bonds is 2. The predicted octanol–water partition coefficient (Wildman–Crippen LogP) is 2.88. The predicted molar refractivity (Wildman–Crippen MR) is 64.7 cm³/mol. The van der Waals surface area contributed by atoms with Gasteiger partial charge < -0.3 is 10.4 Å². The fourth-order valence-electron chi connectivity index (χ4n) is 5.34. The molecule has 0 heterocycles. The van der Waals surface area contributed by atoms with E-state index in [9.17, 15) is 5.21 Å². The van der Waals surface area contributed by atoms with E-state index in [1.165, 1.54) is 25.5 Å². The summed E-state index contributed by atoms with van der Waals surface area (Å²) in [7, 11) is 0. The van der Waals surface area contributed by atoms with Gasteiger partial charge in [0.1, 0.15) is 5.71 Å². The van der Waals surface area contributed by atoms with Crippen LogP contribution in [0.3, 0.4) is 0 Å². The second kappa shape index (κ2) is 3.47. The van der Waals surface area contributed by atoms with Crippen LogP contribution >= 0.6 is 0 Å². The van der Waals surface area contributed by atoms with Crippen molar-refractivity contribution in [2.45, 2.75) is 45.4 Å². The highest BCUT2D eigenvalue weighted by Gasteiger charge is 2.57. The minimum Gasteiger partial charge on any atom is -0.411 e. The molecule has 0 aliphatic heterocycles. The van der Waals surface area contributed by atoms with Crippen LogP contribution < -0.4 is 0 Å². The highest BCUT2D eigenvalue weighted by Crippen LogP contribution is 2.65. The largest absolute Gasteiger partial charge is 0.411 e. The molecule has 4 atom stereocenters. The van der Waals surface area contributed by atoms with E-state index in [0.29, 0.717) is 11.1 Å². The van der Waals surface area contributed by atoms with Gasteiger partial charge in [0.2, 0.25) is 0 Å². The summed E-state index contributed by atoms with van der Waals surface area (Å²) in [6.07, 6.45) is 8.59. The molecule has 4 nitrogen and oxygen atoms in total. The highest BCUT2D eigenvalue weighted by molar-refractivity contribution is 6.32. The van der Waals surface area contributed by atoms with Crippen LogP contribution in [-0.2, 0) is 0 Å². The lowest BCUT2D eigenvalue weighted by Gasteiger charge is -2.61. The van der Waals surface area contributed by atoms with Crippen molar-refractivity contribution in [3.63, 3.8) is 0 Å². The molecule has 4 fully saturated rings. The highest BCUT2D eigenvalue weighted by atomic mass is 16.4. The van der Waals surface area contributed by atoms with Gasteiger partial charge in [-0.05, 0) is 55.8 Å². The number of hydrogen-bond donors (Lipinski definition) is 2. The molecule has 2 unspecified atom stereocenters. The van der Waals surface area contributed by atoms with Crippen LogP contribution in [0.4, 0.5) is 0 Å². The summed E-state index contributed by atoms with van der Waals surface area (Å²) >= 11 is 0. The third-order valence-electron chi connectivity index (χ3n) is 5.18. The van der Waals surface area contributed by atoms with Crippen molar-refractivity contribution in [2.24, 2.45) is 33.0 Å². The molecule has 4 rings (SSSR count).